The molecule has 4 N–H and O–H groups in total. The minimum atomic E-state index is -2.74. The van der Waals surface area contributed by atoms with Crippen LogP contribution in [0.25, 0.3) is 0 Å². The first-order valence-electron chi connectivity index (χ1n) is 8.59. The Morgan fingerprint density at radius 2 is 0.958 bits per heavy atom. The zero-order chi connectivity index (χ0) is 19.0. The van der Waals surface area contributed by atoms with Gasteiger partial charge in [-0.3, -0.25) is 9.59 Å². The monoisotopic (exact) mass is 348 g/mol. The molecular weight excluding hydrogens is 316 g/mol. The number of carboxylic acid groups (broad SMARTS) is 3. The Kier molecular flexibility index (Phi) is 15.3. The molecule has 0 aliphatic carbocycles. The molecule has 0 rings (SSSR count). The number of rotatable bonds is 13. The lowest BCUT2D eigenvalue weighted by Crippen LogP contribution is -2.42. The summed E-state index contributed by atoms with van der Waals surface area (Å²) in [6, 6.07) is 0. The van der Waals surface area contributed by atoms with Gasteiger partial charge in [0.05, 0.1) is 12.8 Å². The van der Waals surface area contributed by atoms with Crippen molar-refractivity contribution < 1.29 is 34.8 Å². The van der Waals surface area contributed by atoms with Gasteiger partial charge < -0.3 is 20.4 Å². The largest absolute Gasteiger partial charge is 0.481 e. The number of unbranched alkanes of at least 4 members (excludes halogenated alkanes) is 8. The van der Waals surface area contributed by atoms with Crippen molar-refractivity contribution in [2.24, 2.45) is 0 Å². The van der Waals surface area contributed by atoms with Crippen LogP contribution >= 0.6 is 0 Å². The molecule has 0 radical (unpaired) electrons. The Balaban J connectivity index is 0. The summed E-state index contributed by atoms with van der Waals surface area (Å²) in [5, 5.41) is 33.8. The van der Waals surface area contributed by atoms with Crippen LogP contribution in [-0.2, 0) is 14.4 Å². The highest BCUT2D eigenvalue weighted by Crippen LogP contribution is 2.15. The molecule has 7 heteroatoms. The third kappa shape index (κ3) is 15.3. The molecule has 0 aromatic carbocycles. The number of aliphatic hydroxyl groups is 1. The predicted octanol–water partition coefficient (Wildman–Crippen LogP) is 3.29. The Morgan fingerprint density at radius 3 is 1.17 bits per heavy atom. The molecule has 142 valence electrons. The number of carboxylic acids is 3. The number of aliphatic carboxylic acids is 3. The SMILES string of the molecule is CCCCCCCCCCC.O=C(O)CC(O)(CC(=O)O)C(=O)O. The Morgan fingerprint density at radius 1 is 0.667 bits per heavy atom. The van der Waals surface area contributed by atoms with Crippen molar-refractivity contribution in [3.05, 3.63) is 0 Å². The Bertz CT molecular complexity index is 342. The molecule has 0 aromatic heterocycles. The minimum Gasteiger partial charge on any atom is -0.481 e. The van der Waals surface area contributed by atoms with Crippen molar-refractivity contribution in [2.45, 2.75) is 90.1 Å². The van der Waals surface area contributed by atoms with Crippen LogP contribution in [0.15, 0.2) is 0 Å². The van der Waals surface area contributed by atoms with E-state index in [1.54, 1.807) is 0 Å². The Hall–Kier alpha value is -1.63. The van der Waals surface area contributed by atoms with Crippen molar-refractivity contribution in [1.29, 1.82) is 0 Å². The molecule has 7 nitrogen and oxygen atoms in total. The first kappa shape index (κ1) is 24.6. The molecule has 0 saturated carbocycles. The summed E-state index contributed by atoms with van der Waals surface area (Å²) in [7, 11) is 0. The zero-order valence-electron chi connectivity index (χ0n) is 14.8. The van der Waals surface area contributed by atoms with Gasteiger partial charge in [0.2, 0.25) is 0 Å². The van der Waals surface area contributed by atoms with E-state index >= 15 is 0 Å². The maximum Gasteiger partial charge on any atom is 0.336 e. The number of hydrogen-bond donors (Lipinski definition) is 4. The van der Waals surface area contributed by atoms with Gasteiger partial charge in [0.1, 0.15) is 0 Å². The first-order valence-corrected chi connectivity index (χ1v) is 8.59. The van der Waals surface area contributed by atoms with Crippen LogP contribution in [0.5, 0.6) is 0 Å². The van der Waals surface area contributed by atoms with Gasteiger partial charge in [-0.1, -0.05) is 71.6 Å². The minimum absolute atomic E-state index is 1.14. The van der Waals surface area contributed by atoms with Gasteiger partial charge in [-0.25, -0.2) is 4.79 Å². The summed E-state index contributed by atoms with van der Waals surface area (Å²) >= 11 is 0. The fraction of sp³-hybridized carbons (Fsp3) is 0.824. The average Bonchev–Trinajstić information content (AvgIpc) is 2.45. The third-order valence-corrected chi connectivity index (χ3v) is 3.49. The highest BCUT2D eigenvalue weighted by molar-refractivity contribution is 5.88. The quantitative estimate of drug-likeness (QED) is 0.375. The summed E-state index contributed by atoms with van der Waals surface area (Å²) in [5.74, 6) is -5.02. The maximum absolute atomic E-state index is 10.3. The van der Waals surface area contributed by atoms with Crippen LogP contribution in [0.3, 0.4) is 0 Å². The summed E-state index contributed by atoms with van der Waals surface area (Å²) in [6.45, 7) is 4.55. The van der Waals surface area contributed by atoms with Crippen molar-refractivity contribution in [2.75, 3.05) is 0 Å². The van der Waals surface area contributed by atoms with Gasteiger partial charge in [0.25, 0.3) is 0 Å². The highest BCUT2D eigenvalue weighted by Gasteiger charge is 2.40. The summed E-state index contributed by atoms with van der Waals surface area (Å²) in [5.41, 5.74) is -2.74. The molecule has 0 unspecified atom stereocenters. The van der Waals surface area contributed by atoms with E-state index in [2.05, 4.69) is 13.8 Å². The van der Waals surface area contributed by atoms with Crippen LogP contribution in [-0.4, -0.2) is 43.9 Å². The molecule has 0 fully saturated rings. The average molecular weight is 348 g/mol. The summed E-state index contributed by atoms with van der Waals surface area (Å²) < 4.78 is 0. The second kappa shape index (κ2) is 14.9. The lowest BCUT2D eigenvalue weighted by atomic mass is 9.96. The lowest BCUT2D eigenvalue weighted by molar-refractivity contribution is -0.170. The smallest absolute Gasteiger partial charge is 0.336 e. The summed E-state index contributed by atoms with van der Waals surface area (Å²) in [6.07, 6.45) is 10.7. The lowest BCUT2D eigenvalue weighted by Gasteiger charge is -2.18. The fourth-order valence-corrected chi connectivity index (χ4v) is 2.10. The van der Waals surface area contributed by atoms with Gasteiger partial charge in [0, 0.05) is 0 Å². The van der Waals surface area contributed by atoms with Crippen molar-refractivity contribution in [1.82, 2.24) is 0 Å². The second-order valence-electron chi connectivity index (χ2n) is 5.95. The standard InChI is InChI=1S/C11H24.C6H8O7/c1-3-5-7-9-11-10-8-6-4-2;7-3(8)1-6(13,5(11)12)2-4(9)10/h3-11H2,1-2H3;13H,1-2H2,(H,7,8)(H,9,10)(H,11,12). The second-order valence-corrected chi connectivity index (χ2v) is 5.95. The van der Waals surface area contributed by atoms with E-state index in [4.69, 9.17) is 20.4 Å². The van der Waals surface area contributed by atoms with Crippen LogP contribution in [0.2, 0.25) is 0 Å². The topological polar surface area (TPSA) is 132 Å². The molecule has 0 saturated heterocycles. The van der Waals surface area contributed by atoms with Gasteiger partial charge in [0.15, 0.2) is 5.60 Å². The van der Waals surface area contributed by atoms with Gasteiger partial charge in [-0.15, -0.1) is 0 Å². The van der Waals surface area contributed by atoms with Crippen molar-refractivity contribution in [3.8, 4) is 0 Å². The van der Waals surface area contributed by atoms with E-state index in [-0.39, 0.29) is 0 Å². The number of hydrogen-bond acceptors (Lipinski definition) is 4. The van der Waals surface area contributed by atoms with Gasteiger partial charge >= 0.3 is 17.9 Å². The molecule has 0 atom stereocenters. The normalized spacial score (nSPS) is 10.6. The number of carbonyl (C=O) groups is 3. The molecule has 0 heterocycles. The fourth-order valence-electron chi connectivity index (χ4n) is 2.10. The van der Waals surface area contributed by atoms with Crippen LogP contribution in [0.4, 0.5) is 0 Å². The molecular formula is C17H32O7. The van der Waals surface area contributed by atoms with E-state index in [0.29, 0.717) is 0 Å². The van der Waals surface area contributed by atoms with Crippen LogP contribution in [0, 0.1) is 0 Å². The molecule has 0 amide bonds. The molecule has 0 aliphatic rings. The van der Waals surface area contributed by atoms with Crippen molar-refractivity contribution >= 4 is 17.9 Å². The van der Waals surface area contributed by atoms with E-state index < -0.39 is 36.4 Å². The molecule has 0 spiro atoms. The third-order valence-electron chi connectivity index (χ3n) is 3.49. The van der Waals surface area contributed by atoms with Crippen LogP contribution < -0.4 is 0 Å². The van der Waals surface area contributed by atoms with E-state index in [1.165, 1.54) is 57.8 Å². The van der Waals surface area contributed by atoms with Gasteiger partial charge in [-0.2, -0.15) is 0 Å². The predicted molar refractivity (Wildman–Crippen MR) is 90.0 cm³/mol. The van der Waals surface area contributed by atoms with Crippen molar-refractivity contribution in [3.63, 3.8) is 0 Å². The molecule has 24 heavy (non-hydrogen) atoms. The Labute approximate surface area is 143 Å². The van der Waals surface area contributed by atoms with E-state index in [9.17, 15) is 14.4 Å². The van der Waals surface area contributed by atoms with E-state index in [0.717, 1.165) is 0 Å². The molecule has 0 aliphatic heterocycles. The zero-order valence-corrected chi connectivity index (χ0v) is 14.8. The first-order chi connectivity index (χ1) is 11.2. The molecule has 0 bridgehead atoms. The van der Waals surface area contributed by atoms with E-state index in [1.807, 2.05) is 0 Å². The molecule has 0 aromatic rings. The van der Waals surface area contributed by atoms with Gasteiger partial charge in [-0.05, 0) is 0 Å². The van der Waals surface area contributed by atoms with Crippen LogP contribution in [0.1, 0.15) is 84.5 Å². The maximum atomic E-state index is 10.3. The highest BCUT2D eigenvalue weighted by atomic mass is 16.4. The summed E-state index contributed by atoms with van der Waals surface area (Å²) in [4.78, 5) is 30.5.